The number of aliphatic hydroxyl groups is 1. The van der Waals surface area contributed by atoms with E-state index in [9.17, 15) is 14.7 Å². The quantitative estimate of drug-likeness (QED) is 0.572. The predicted molar refractivity (Wildman–Crippen MR) is 98.2 cm³/mol. The number of aliphatic hydroxyl groups excluding tert-OH is 1. The molecular weight excluding hydrogens is 328 g/mol. The molecule has 1 N–H and O–H groups in total. The highest BCUT2D eigenvalue weighted by molar-refractivity contribution is 6.03. The number of ketones is 1. The van der Waals surface area contributed by atoms with E-state index >= 15 is 0 Å². The van der Waals surface area contributed by atoms with Gasteiger partial charge in [0, 0.05) is 18.3 Å². The summed E-state index contributed by atoms with van der Waals surface area (Å²) >= 11 is 0. The highest BCUT2D eigenvalue weighted by Crippen LogP contribution is 2.71. The number of rotatable bonds is 1. The minimum Gasteiger partial charge on any atom is -0.462 e. The third kappa shape index (κ3) is 2.17. The van der Waals surface area contributed by atoms with Crippen LogP contribution in [0.4, 0.5) is 0 Å². The lowest BCUT2D eigenvalue weighted by atomic mass is 9.40. The number of carbonyl (C=O) groups is 2. The first-order valence-electron chi connectivity index (χ1n) is 10.1. The zero-order valence-electron chi connectivity index (χ0n) is 16.5. The smallest absolute Gasteiger partial charge is 0.302 e. The summed E-state index contributed by atoms with van der Waals surface area (Å²) in [5.74, 6) is 0.0488. The van der Waals surface area contributed by atoms with E-state index < -0.39 is 11.5 Å². The summed E-state index contributed by atoms with van der Waals surface area (Å²) in [7, 11) is 0. The molecule has 2 bridgehead atoms. The van der Waals surface area contributed by atoms with Crippen LogP contribution in [0.2, 0.25) is 0 Å². The molecule has 4 rings (SSSR count). The fraction of sp³-hybridized carbons (Fsp3) is 0.818. The standard InChI is InChI=1S/C22H32O4/c1-12-14-9-16(26-13(2)23)18-21(5)8-6-7-20(3,4)17(21)15(24)11-22(18,10-14)19(12)25/h14-18,24H,1,6-11H2,2-5H3. The molecule has 4 nitrogen and oxygen atoms in total. The first-order valence-corrected chi connectivity index (χ1v) is 10.1. The Kier molecular flexibility index (Phi) is 3.81. The largest absolute Gasteiger partial charge is 0.462 e. The fourth-order valence-corrected chi connectivity index (χ4v) is 8.04. The second kappa shape index (κ2) is 5.43. The molecule has 0 aromatic carbocycles. The molecule has 7 atom stereocenters. The summed E-state index contributed by atoms with van der Waals surface area (Å²) in [6, 6.07) is 0. The molecule has 144 valence electrons. The van der Waals surface area contributed by atoms with Crippen LogP contribution in [0.15, 0.2) is 12.2 Å². The van der Waals surface area contributed by atoms with Crippen molar-refractivity contribution >= 4 is 11.8 Å². The summed E-state index contributed by atoms with van der Waals surface area (Å²) in [4.78, 5) is 25.2. The lowest BCUT2D eigenvalue weighted by molar-refractivity contribution is -0.227. The maximum Gasteiger partial charge on any atom is 0.302 e. The molecule has 4 aliphatic carbocycles. The van der Waals surface area contributed by atoms with E-state index in [1.165, 1.54) is 6.92 Å². The second-order valence-corrected chi connectivity index (χ2v) is 10.4. The van der Waals surface area contributed by atoms with Gasteiger partial charge < -0.3 is 9.84 Å². The van der Waals surface area contributed by atoms with Crippen LogP contribution >= 0.6 is 0 Å². The normalized spacial score (nSPS) is 49.3. The first kappa shape index (κ1) is 18.2. The van der Waals surface area contributed by atoms with Gasteiger partial charge in [0.25, 0.3) is 0 Å². The van der Waals surface area contributed by atoms with E-state index in [1.54, 1.807) is 0 Å². The Morgan fingerprint density at radius 2 is 1.88 bits per heavy atom. The van der Waals surface area contributed by atoms with Gasteiger partial charge in [-0.3, -0.25) is 9.59 Å². The summed E-state index contributed by atoms with van der Waals surface area (Å²) < 4.78 is 5.84. The summed E-state index contributed by atoms with van der Waals surface area (Å²) in [5, 5.41) is 11.2. The van der Waals surface area contributed by atoms with Crippen molar-refractivity contribution in [1.82, 2.24) is 0 Å². The molecule has 26 heavy (non-hydrogen) atoms. The molecule has 0 radical (unpaired) electrons. The second-order valence-electron chi connectivity index (χ2n) is 10.4. The summed E-state index contributed by atoms with van der Waals surface area (Å²) in [5.41, 5.74) is -0.0956. The predicted octanol–water partition coefficient (Wildman–Crippen LogP) is 3.67. The summed E-state index contributed by atoms with van der Waals surface area (Å²) in [6.07, 6.45) is 4.39. The zero-order chi connectivity index (χ0) is 19.1. The molecule has 0 aliphatic heterocycles. The average Bonchev–Trinajstić information content (AvgIpc) is 2.66. The molecule has 0 heterocycles. The fourth-order valence-electron chi connectivity index (χ4n) is 8.04. The van der Waals surface area contributed by atoms with Gasteiger partial charge in [0.2, 0.25) is 0 Å². The Bertz CT molecular complexity index is 680. The number of carbonyl (C=O) groups excluding carboxylic acids is 2. The van der Waals surface area contributed by atoms with Gasteiger partial charge in [-0.05, 0) is 60.3 Å². The SMILES string of the molecule is C=C1C(=O)C23CC1CC(OC(C)=O)C2C1(C)CCCC(C)(C)C1C(O)C3. The van der Waals surface area contributed by atoms with Crippen LogP contribution in [0.3, 0.4) is 0 Å². The molecular formula is C22H32O4. The molecule has 0 saturated heterocycles. The molecule has 1 spiro atoms. The monoisotopic (exact) mass is 360 g/mol. The van der Waals surface area contributed by atoms with E-state index in [0.717, 1.165) is 25.7 Å². The zero-order valence-corrected chi connectivity index (χ0v) is 16.5. The Morgan fingerprint density at radius 3 is 2.54 bits per heavy atom. The first-order chi connectivity index (χ1) is 12.0. The van der Waals surface area contributed by atoms with E-state index in [1.807, 2.05) is 0 Å². The molecule has 4 saturated carbocycles. The molecule has 4 heteroatoms. The van der Waals surface area contributed by atoms with Gasteiger partial charge in [0.1, 0.15) is 6.10 Å². The van der Waals surface area contributed by atoms with Crippen molar-refractivity contribution in [2.45, 2.75) is 78.4 Å². The van der Waals surface area contributed by atoms with Crippen LogP contribution in [-0.4, -0.2) is 29.1 Å². The average molecular weight is 360 g/mol. The molecule has 0 aromatic rings. The number of fused-ring (bicyclic) bond motifs is 3. The minimum atomic E-state index is -0.599. The number of hydrogen-bond acceptors (Lipinski definition) is 4. The van der Waals surface area contributed by atoms with Crippen molar-refractivity contribution in [1.29, 1.82) is 0 Å². The minimum absolute atomic E-state index is 0.0182. The van der Waals surface area contributed by atoms with Crippen molar-refractivity contribution in [2.24, 2.45) is 34.0 Å². The number of Topliss-reactive ketones (excluding diaryl/α,β-unsaturated/α-hetero) is 1. The summed E-state index contributed by atoms with van der Waals surface area (Å²) in [6.45, 7) is 12.3. The molecule has 4 fully saturated rings. The third-order valence-corrected chi connectivity index (χ3v) is 8.41. The van der Waals surface area contributed by atoms with Gasteiger partial charge in [-0.1, -0.05) is 33.8 Å². The van der Waals surface area contributed by atoms with Crippen molar-refractivity contribution in [3.63, 3.8) is 0 Å². The molecule has 4 aliphatic rings. The van der Waals surface area contributed by atoms with Crippen LogP contribution < -0.4 is 0 Å². The Labute approximate surface area is 156 Å². The molecule has 7 unspecified atom stereocenters. The third-order valence-electron chi connectivity index (χ3n) is 8.41. The van der Waals surface area contributed by atoms with Gasteiger partial charge >= 0.3 is 5.97 Å². The number of ether oxygens (including phenoxy) is 1. The van der Waals surface area contributed by atoms with Gasteiger partial charge in [-0.25, -0.2) is 0 Å². The highest BCUT2D eigenvalue weighted by atomic mass is 16.5. The van der Waals surface area contributed by atoms with E-state index in [0.29, 0.717) is 18.4 Å². The Balaban J connectivity index is 1.87. The molecule has 0 aromatic heterocycles. The van der Waals surface area contributed by atoms with Gasteiger partial charge in [-0.2, -0.15) is 0 Å². The van der Waals surface area contributed by atoms with E-state index in [4.69, 9.17) is 4.74 Å². The van der Waals surface area contributed by atoms with Gasteiger partial charge in [-0.15, -0.1) is 0 Å². The number of allylic oxidation sites excluding steroid dienone is 1. The van der Waals surface area contributed by atoms with Gasteiger partial charge in [0.05, 0.1) is 6.10 Å². The lowest BCUT2D eigenvalue weighted by Gasteiger charge is -2.65. The van der Waals surface area contributed by atoms with Crippen molar-refractivity contribution < 1.29 is 19.4 Å². The number of esters is 1. The Morgan fingerprint density at radius 1 is 1.19 bits per heavy atom. The van der Waals surface area contributed by atoms with E-state index in [-0.39, 0.29) is 46.4 Å². The lowest BCUT2D eigenvalue weighted by Crippen LogP contribution is -2.65. The van der Waals surface area contributed by atoms with Crippen LogP contribution in [0.5, 0.6) is 0 Å². The van der Waals surface area contributed by atoms with Crippen molar-refractivity contribution in [2.75, 3.05) is 0 Å². The maximum atomic E-state index is 13.3. The van der Waals surface area contributed by atoms with E-state index in [2.05, 4.69) is 27.4 Å². The maximum absolute atomic E-state index is 13.3. The highest BCUT2D eigenvalue weighted by Gasteiger charge is 2.71. The van der Waals surface area contributed by atoms with Crippen LogP contribution in [-0.2, 0) is 14.3 Å². The molecule has 0 amide bonds. The van der Waals surface area contributed by atoms with Crippen LogP contribution in [0.1, 0.15) is 66.2 Å². The van der Waals surface area contributed by atoms with Gasteiger partial charge in [0.15, 0.2) is 5.78 Å². The topological polar surface area (TPSA) is 63.6 Å². The van der Waals surface area contributed by atoms with Crippen molar-refractivity contribution in [3.8, 4) is 0 Å². The van der Waals surface area contributed by atoms with Crippen LogP contribution in [0, 0.1) is 34.0 Å². The Hall–Kier alpha value is -1.16. The van der Waals surface area contributed by atoms with Crippen molar-refractivity contribution in [3.05, 3.63) is 12.2 Å². The number of hydrogen-bond donors (Lipinski definition) is 1. The van der Waals surface area contributed by atoms with Crippen LogP contribution in [0.25, 0.3) is 0 Å².